The van der Waals surface area contributed by atoms with E-state index in [0.717, 1.165) is 12.5 Å². The van der Waals surface area contributed by atoms with Crippen molar-refractivity contribution in [2.24, 2.45) is 5.92 Å². The first-order valence-corrected chi connectivity index (χ1v) is 4.05. The molecule has 1 heterocycles. The van der Waals surface area contributed by atoms with Gasteiger partial charge >= 0.3 is 7.05 Å². The van der Waals surface area contributed by atoms with E-state index in [2.05, 4.69) is 18.7 Å². The minimum Gasteiger partial charge on any atom is -0.437 e. The zero-order valence-electron chi connectivity index (χ0n) is 7.04. The van der Waals surface area contributed by atoms with Gasteiger partial charge in [-0.2, -0.15) is 0 Å². The fourth-order valence-electron chi connectivity index (χ4n) is 1.85. The molecular formula is C7H16BNO. The molecule has 0 saturated carbocycles. The van der Waals surface area contributed by atoms with Crippen LogP contribution in [0, 0.1) is 5.92 Å². The Morgan fingerprint density at radius 3 is 2.30 bits per heavy atom. The van der Waals surface area contributed by atoms with Crippen molar-refractivity contribution in [3.8, 4) is 0 Å². The Balaban J connectivity index is 2.46. The first-order valence-electron chi connectivity index (χ1n) is 4.05. The van der Waals surface area contributed by atoms with Crippen molar-refractivity contribution >= 4 is 7.05 Å². The molecule has 0 spiro atoms. The average Bonchev–Trinajstić information content (AvgIpc) is 2.10. The van der Waals surface area contributed by atoms with Crippen molar-refractivity contribution in [3.63, 3.8) is 0 Å². The van der Waals surface area contributed by atoms with Crippen LogP contribution in [-0.2, 0) is 0 Å². The Labute approximate surface area is 63.4 Å². The highest BCUT2D eigenvalue weighted by molar-refractivity contribution is 6.45. The van der Waals surface area contributed by atoms with Gasteiger partial charge in [0, 0.05) is 0 Å². The minimum absolute atomic E-state index is 0.264. The smallest absolute Gasteiger partial charge is 0.376 e. The van der Waals surface area contributed by atoms with E-state index in [-0.39, 0.29) is 7.05 Å². The Morgan fingerprint density at radius 2 is 2.10 bits per heavy atom. The molecule has 10 heavy (non-hydrogen) atoms. The molecule has 2 atom stereocenters. The average molecular weight is 141 g/mol. The van der Waals surface area contributed by atoms with E-state index < -0.39 is 0 Å². The molecule has 1 N–H and O–H groups in total. The van der Waals surface area contributed by atoms with E-state index in [0.29, 0.717) is 6.04 Å². The summed E-state index contributed by atoms with van der Waals surface area (Å²) in [6, 6.07) is 0.565. The third kappa shape index (κ3) is 1.52. The van der Waals surface area contributed by atoms with Gasteiger partial charge in [0.05, 0.1) is 0 Å². The molecule has 0 aromatic carbocycles. The molecule has 1 fully saturated rings. The molecule has 1 saturated heterocycles. The molecule has 1 aliphatic rings. The molecule has 0 unspecified atom stereocenters. The van der Waals surface area contributed by atoms with E-state index in [9.17, 15) is 5.02 Å². The SMILES string of the molecule is CB(O)N1C[C@H](C)C[C@H]1C. The van der Waals surface area contributed by atoms with Crippen LogP contribution in [0.3, 0.4) is 0 Å². The predicted octanol–water partition coefficient (Wildman–Crippen LogP) is 0.827. The van der Waals surface area contributed by atoms with Gasteiger partial charge in [0.1, 0.15) is 0 Å². The van der Waals surface area contributed by atoms with Crippen LogP contribution in [0.5, 0.6) is 0 Å². The van der Waals surface area contributed by atoms with Crippen molar-refractivity contribution in [1.29, 1.82) is 0 Å². The van der Waals surface area contributed by atoms with Crippen LogP contribution >= 0.6 is 0 Å². The van der Waals surface area contributed by atoms with Gasteiger partial charge in [-0.1, -0.05) is 13.8 Å². The third-order valence-corrected chi connectivity index (χ3v) is 2.31. The van der Waals surface area contributed by atoms with Crippen molar-refractivity contribution < 1.29 is 5.02 Å². The molecule has 0 bridgehead atoms. The second-order valence-corrected chi connectivity index (χ2v) is 3.52. The summed E-state index contributed by atoms with van der Waals surface area (Å²) >= 11 is 0. The van der Waals surface area contributed by atoms with Gasteiger partial charge < -0.3 is 9.83 Å². The lowest BCUT2D eigenvalue weighted by Crippen LogP contribution is -2.39. The number of rotatable bonds is 1. The first kappa shape index (κ1) is 8.09. The van der Waals surface area contributed by atoms with Crippen LogP contribution in [0.1, 0.15) is 20.3 Å². The molecule has 0 aromatic rings. The Morgan fingerprint density at radius 1 is 1.50 bits per heavy atom. The van der Waals surface area contributed by atoms with Crippen LogP contribution in [0.2, 0.25) is 6.82 Å². The summed E-state index contributed by atoms with van der Waals surface area (Å²) in [6.07, 6.45) is 1.23. The van der Waals surface area contributed by atoms with E-state index >= 15 is 0 Å². The highest BCUT2D eigenvalue weighted by atomic mass is 16.2. The maximum absolute atomic E-state index is 9.27. The van der Waals surface area contributed by atoms with Crippen molar-refractivity contribution in [2.75, 3.05) is 6.54 Å². The lowest BCUT2D eigenvalue weighted by atomic mass is 9.84. The topological polar surface area (TPSA) is 23.5 Å². The molecule has 0 amide bonds. The first-order chi connectivity index (χ1) is 4.61. The predicted molar refractivity (Wildman–Crippen MR) is 43.8 cm³/mol. The number of hydrogen-bond acceptors (Lipinski definition) is 2. The van der Waals surface area contributed by atoms with Crippen LogP contribution in [-0.4, -0.2) is 29.5 Å². The standard InChI is InChI=1S/C7H16BNO/c1-6-4-7(2)9(5-6)8(3)10/h6-7,10H,4-5H2,1-3H3/t6-,7-/m1/s1. The Hall–Kier alpha value is -0.0151. The van der Waals surface area contributed by atoms with Crippen LogP contribution in [0.25, 0.3) is 0 Å². The van der Waals surface area contributed by atoms with E-state index in [4.69, 9.17) is 0 Å². The lowest BCUT2D eigenvalue weighted by molar-refractivity contribution is 0.359. The van der Waals surface area contributed by atoms with Gasteiger partial charge in [0.25, 0.3) is 0 Å². The van der Waals surface area contributed by atoms with Gasteiger partial charge in [-0.05, 0) is 31.7 Å². The monoisotopic (exact) mass is 141 g/mol. The van der Waals surface area contributed by atoms with Crippen molar-refractivity contribution in [1.82, 2.24) is 4.81 Å². The summed E-state index contributed by atoms with van der Waals surface area (Å²) in [7, 11) is -0.264. The lowest BCUT2D eigenvalue weighted by Gasteiger charge is -2.21. The summed E-state index contributed by atoms with van der Waals surface area (Å²) in [5, 5.41) is 9.27. The zero-order chi connectivity index (χ0) is 7.72. The zero-order valence-corrected chi connectivity index (χ0v) is 7.04. The van der Waals surface area contributed by atoms with E-state index in [1.807, 2.05) is 6.82 Å². The summed E-state index contributed by atoms with van der Waals surface area (Å²) in [4.78, 5) is 2.14. The van der Waals surface area contributed by atoms with Gasteiger partial charge in [0.15, 0.2) is 0 Å². The highest BCUT2D eigenvalue weighted by Gasteiger charge is 2.30. The van der Waals surface area contributed by atoms with Gasteiger partial charge in [-0.25, -0.2) is 0 Å². The van der Waals surface area contributed by atoms with Gasteiger partial charge in [-0.3, -0.25) is 0 Å². The van der Waals surface area contributed by atoms with Crippen LogP contribution < -0.4 is 0 Å². The summed E-state index contributed by atoms with van der Waals surface area (Å²) in [6.45, 7) is 7.31. The minimum atomic E-state index is -0.264. The van der Waals surface area contributed by atoms with Crippen LogP contribution in [0.15, 0.2) is 0 Å². The molecule has 58 valence electrons. The number of nitrogens with zero attached hydrogens (tertiary/aromatic N) is 1. The fourth-order valence-corrected chi connectivity index (χ4v) is 1.85. The van der Waals surface area contributed by atoms with Crippen molar-refractivity contribution in [2.45, 2.75) is 33.1 Å². The summed E-state index contributed by atoms with van der Waals surface area (Å²) in [5.74, 6) is 0.754. The summed E-state index contributed by atoms with van der Waals surface area (Å²) in [5.41, 5.74) is 0. The summed E-state index contributed by atoms with van der Waals surface area (Å²) < 4.78 is 0. The fraction of sp³-hybridized carbons (Fsp3) is 1.00. The normalized spacial score (nSPS) is 34.8. The molecule has 1 aliphatic heterocycles. The van der Waals surface area contributed by atoms with E-state index in [1.165, 1.54) is 6.42 Å². The molecule has 2 nitrogen and oxygen atoms in total. The molecule has 0 radical (unpaired) electrons. The van der Waals surface area contributed by atoms with E-state index in [1.54, 1.807) is 0 Å². The maximum atomic E-state index is 9.27. The maximum Gasteiger partial charge on any atom is 0.376 e. The van der Waals surface area contributed by atoms with Crippen molar-refractivity contribution in [3.05, 3.63) is 0 Å². The quantitative estimate of drug-likeness (QED) is 0.546. The second-order valence-electron chi connectivity index (χ2n) is 3.52. The second kappa shape index (κ2) is 2.93. The molecular weight excluding hydrogens is 125 g/mol. The molecule has 1 rings (SSSR count). The Bertz CT molecular complexity index is 118. The molecule has 0 aromatic heterocycles. The number of hydrogen-bond donors (Lipinski definition) is 1. The molecule has 0 aliphatic carbocycles. The van der Waals surface area contributed by atoms with Gasteiger partial charge in [0.2, 0.25) is 0 Å². The van der Waals surface area contributed by atoms with Crippen LogP contribution in [0.4, 0.5) is 0 Å². The largest absolute Gasteiger partial charge is 0.437 e. The highest BCUT2D eigenvalue weighted by Crippen LogP contribution is 2.22. The third-order valence-electron chi connectivity index (χ3n) is 2.31. The molecule has 3 heteroatoms. The van der Waals surface area contributed by atoms with Gasteiger partial charge in [-0.15, -0.1) is 0 Å². The Kier molecular flexibility index (Phi) is 2.37.